The molecule has 0 aromatic heterocycles. The van der Waals surface area contributed by atoms with Gasteiger partial charge in [-0.2, -0.15) is 0 Å². The minimum atomic E-state index is -0.647. The molecule has 0 radical (unpaired) electrons. The van der Waals surface area contributed by atoms with Gasteiger partial charge in [-0.3, -0.25) is 10.1 Å². The van der Waals surface area contributed by atoms with Gasteiger partial charge in [0.15, 0.2) is 0 Å². The molecule has 0 spiro atoms. The van der Waals surface area contributed by atoms with E-state index in [4.69, 9.17) is 5.73 Å². The highest BCUT2D eigenvalue weighted by Crippen LogP contribution is 2.22. The molecule has 1 rings (SSSR count). The van der Waals surface area contributed by atoms with Gasteiger partial charge in [-0.25, -0.2) is 0 Å². The molecule has 0 bridgehead atoms. The lowest BCUT2D eigenvalue weighted by Gasteiger charge is -2.31. The van der Waals surface area contributed by atoms with Crippen molar-refractivity contribution in [1.29, 1.82) is 0 Å². The molecule has 2 unspecified atom stereocenters. The zero-order valence-electron chi connectivity index (χ0n) is 11.8. The average Bonchev–Trinajstić information content (AvgIpc) is 2.36. The molecular weight excluding hydrogens is 224 g/mol. The lowest BCUT2D eigenvalue weighted by molar-refractivity contribution is -0.124. The SMILES string of the molecule is CCC(NC(C)(CC)C(N)=O)c1ccc(C)cc1. The second-order valence-corrected chi connectivity index (χ2v) is 5.07. The summed E-state index contributed by atoms with van der Waals surface area (Å²) in [5.74, 6) is -0.296. The van der Waals surface area contributed by atoms with Crippen LogP contribution >= 0.6 is 0 Å². The van der Waals surface area contributed by atoms with Crippen molar-refractivity contribution in [2.75, 3.05) is 0 Å². The lowest BCUT2D eigenvalue weighted by Crippen LogP contribution is -2.53. The third kappa shape index (κ3) is 3.33. The molecule has 0 fully saturated rings. The Morgan fingerprint density at radius 2 is 1.89 bits per heavy atom. The van der Waals surface area contributed by atoms with Crippen LogP contribution in [0.25, 0.3) is 0 Å². The van der Waals surface area contributed by atoms with Crippen LogP contribution < -0.4 is 11.1 Å². The van der Waals surface area contributed by atoms with Crippen molar-refractivity contribution in [3.63, 3.8) is 0 Å². The van der Waals surface area contributed by atoms with Gasteiger partial charge in [0.2, 0.25) is 5.91 Å². The summed E-state index contributed by atoms with van der Waals surface area (Å²) >= 11 is 0. The van der Waals surface area contributed by atoms with Crippen molar-refractivity contribution in [1.82, 2.24) is 5.32 Å². The van der Waals surface area contributed by atoms with Gasteiger partial charge in [0, 0.05) is 6.04 Å². The van der Waals surface area contributed by atoms with E-state index in [9.17, 15) is 4.79 Å². The zero-order valence-corrected chi connectivity index (χ0v) is 11.8. The summed E-state index contributed by atoms with van der Waals surface area (Å²) in [4.78, 5) is 11.5. The van der Waals surface area contributed by atoms with Gasteiger partial charge in [-0.1, -0.05) is 43.7 Å². The van der Waals surface area contributed by atoms with Gasteiger partial charge in [-0.15, -0.1) is 0 Å². The summed E-state index contributed by atoms with van der Waals surface area (Å²) in [6, 6.07) is 8.55. The minimum absolute atomic E-state index is 0.156. The number of carbonyl (C=O) groups is 1. The lowest BCUT2D eigenvalue weighted by atomic mass is 9.93. The predicted molar refractivity (Wildman–Crippen MR) is 75.2 cm³/mol. The summed E-state index contributed by atoms with van der Waals surface area (Å²) in [7, 11) is 0. The molecule has 0 saturated carbocycles. The molecule has 2 atom stereocenters. The number of rotatable bonds is 6. The number of amides is 1. The molecule has 0 heterocycles. The standard InChI is InChI=1S/C15H24N2O/c1-5-13(12-9-7-11(3)8-10-12)17-15(4,6-2)14(16)18/h7-10,13,17H,5-6H2,1-4H3,(H2,16,18). The number of primary amides is 1. The van der Waals surface area contributed by atoms with Crippen molar-refractivity contribution in [3.8, 4) is 0 Å². The van der Waals surface area contributed by atoms with Crippen molar-refractivity contribution in [2.45, 2.75) is 52.1 Å². The topological polar surface area (TPSA) is 55.1 Å². The Balaban J connectivity index is 2.91. The van der Waals surface area contributed by atoms with Crippen LogP contribution in [0.1, 0.15) is 50.8 Å². The number of nitrogens with two attached hydrogens (primary N) is 1. The molecule has 0 aliphatic heterocycles. The van der Waals surface area contributed by atoms with E-state index in [1.54, 1.807) is 0 Å². The fourth-order valence-corrected chi connectivity index (χ4v) is 1.95. The number of benzene rings is 1. The molecule has 3 nitrogen and oxygen atoms in total. The highest BCUT2D eigenvalue weighted by molar-refractivity contribution is 5.84. The highest BCUT2D eigenvalue weighted by Gasteiger charge is 2.31. The Labute approximate surface area is 110 Å². The maximum absolute atomic E-state index is 11.5. The van der Waals surface area contributed by atoms with Gasteiger partial charge in [0.25, 0.3) is 0 Å². The normalized spacial score (nSPS) is 16.0. The van der Waals surface area contributed by atoms with Crippen LogP contribution in [-0.2, 0) is 4.79 Å². The third-order valence-electron chi connectivity index (χ3n) is 3.63. The summed E-state index contributed by atoms with van der Waals surface area (Å²) in [5, 5.41) is 3.39. The molecule has 0 saturated heterocycles. The molecule has 0 aliphatic rings. The highest BCUT2D eigenvalue weighted by atomic mass is 16.1. The molecule has 1 aromatic carbocycles. The van der Waals surface area contributed by atoms with E-state index < -0.39 is 5.54 Å². The van der Waals surface area contributed by atoms with Gasteiger partial charge >= 0.3 is 0 Å². The average molecular weight is 248 g/mol. The Morgan fingerprint density at radius 1 is 1.33 bits per heavy atom. The van der Waals surface area contributed by atoms with Crippen LogP contribution in [0.2, 0.25) is 0 Å². The van der Waals surface area contributed by atoms with Crippen molar-refractivity contribution in [2.24, 2.45) is 5.73 Å². The molecule has 3 heteroatoms. The first-order valence-corrected chi connectivity index (χ1v) is 6.57. The Kier molecular flexibility index (Phi) is 4.91. The van der Waals surface area contributed by atoms with Gasteiger partial charge in [0.1, 0.15) is 0 Å². The van der Waals surface area contributed by atoms with Gasteiger partial charge in [-0.05, 0) is 32.3 Å². The first kappa shape index (κ1) is 14.7. The summed E-state index contributed by atoms with van der Waals surface area (Å²) in [5.41, 5.74) is 7.27. The molecule has 1 amide bonds. The van der Waals surface area contributed by atoms with Gasteiger partial charge in [0.05, 0.1) is 5.54 Å². The molecular formula is C15H24N2O. The number of nitrogens with one attached hydrogen (secondary N) is 1. The maximum atomic E-state index is 11.5. The van der Waals surface area contributed by atoms with E-state index in [1.807, 2.05) is 13.8 Å². The first-order valence-electron chi connectivity index (χ1n) is 6.57. The van der Waals surface area contributed by atoms with Crippen LogP contribution in [0.3, 0.4) is 0 Å². The summed E-state index contributed by atoms with van der Waals surface area (Å²) in [6.45, 7) is 8.01. The molecule has 100 valence electrons. The second kappa shape index (κ2) is 6.01. The molecule has 0 aliphatic carbocycles. The molecule has 18 heavy (non-hydrogen) atoms. The molecule has 1 aromatic rings. The van der Waals surface area contributed by atoms with Crippen molar-refractivity contribution in [3.05, 3.63) is 35.4 Å². The quantitative estimate of drug-likeness (QED) is 0.813. The van der Waals surface area contributed by atoms with E-state index in [0.717, 1.165) is 6.42 Å². The van der Waals surface area contributed by atoms with Crippen molar-refractivity contribution >= 4 is 5.91 Å². The number of hydrogen-bond acceptors (Lipinski definition) is 2. The van der Waals surface area contributed by atoms with E-state index in [-0.39, 0.29) is 11.9 Å². The Hall–Kier alpha value is -1.35. The second-order valence-electron chi connectivity index (χ2n) is 5.07. The van der Waals surface area contributed by atoms with E-state index >= 15 is 0 Å². The van der Waals surface area contributed by atoms with Crippen LogP contribution in [0.5, 0.6) is 0 Å². The number of aryl methyl sites for hydroxylation is 1. The number of carbonyl (C=O) groups excluding carboxylic acids is 1. The smallest absolute Gasteiger partial charge is 0.237 e. The maximum Gasteiger partial charge on any atom is 0.237 e. The monoisotopic (exact) mass is 248 g/mol. The largest absolute Gasteiger partial charge is 0.368 e. The third-order valence-corrected chi connectivity index (χ3v) is 3.63. The fraction of sp³-hybridized carbons (Fsp3) is 0.533. The van der Waals surface area contributed by atoms with E-state index in [0.29, 0.717) is 6.42 Å². The zero-order chi connectivity index (χ0) is 13.8. The molecule has 3 N–H and O–H groups in total. The summed E-state index contributed by atoms with van der Waals surface area (Å²) < 4.78 is 0. The van der Waals surface area contributed by atoms with Crippen LogP contribution in [-0.4, -0.2) is 11.4 Å². The van der Waals surface area contributed by atoms with Crippen molar-refractivity contribution < 1.29 is 4.79 Å². The fourth-order valence-electron chi connectivity index (χ4n) is 1.95. The minimum Gasteiger partial charge on any atom is -0.368 e. The van der Waals surface area contributed by atoms with Gasteiger partial charge < -0.3 is 5.73 Å². The Morgan fingerprint density at radius 3 is 2.28 bits per heavy atom. The predicted octanol–water partition coefficient (Wildman–Crippen LogP) is 2.69. The number of hydrogen-bond donors (Lipinski definition) is 2. The van der Waals surface area contributed by atoms with E-state index in [2.05, 4.69) is 43.4 Å². The first-order chi connectivity index (χ1) is 8.42. The van der Waals surface area contributed by atoms with Crippen LogP contribution in [0, 0.1) is 6.92 Å². The van der Waals surface area contributed by atoms with Crippen LogP contribution in [0.4, 0.5) is 0 Å². The Bertz CT molecular complexity index is 399. The summed E-state index contributed by atoms with van der Waals surface area (Å²) in [6.07, 6.45) is 1.61. The van der Waals surface area contributed by atoms with Crippen LogP contribution in [0.15, 0.2) is 24.3 Å². The van der Waals surface area contributed by atoms with E-state index in [1.165, 1.54) is 11.1 Å².